The number of nitriles is 2. The zero-order valence-corrected chi connectivity index (χ0v) is 15.5. The molecule has 0 saturated carbocycles. The summed E-state index contributed by atoms with van der Waals surface area (Å²) in [5.74, 6) is -0.299. The van der Waals surface area contributed by atoms with Gasteiger partial charge in [0.25, 0.3) is 0 Å². The highest BCUT2D eigenvalue weighted by Crippen LogP contribution is 2.22. The highest BCUT2D eigenvalue weighted by atomic mass is 16.5. The molecule has 0 aliphatic carbocycles. The van der Waals surface area contributed by atoms with E-state index in [1.807, 2.05) is 42.5 Å². The third-order valence-corrected chi connectivity index (χ3v) is 5.02. The number of carbonyl (C=O) groups is 1. The lowest BCUT2D eigenvalue weighted by molar-refractivity contribution is -0.130. The SMILES string of the molecule is N#Cc1cccc(-c2ccc(CC(C#N)NC(=O)C3(N)CCOCC3)cc2)c1. The zero-order valence-electron chi connectivity index (χ0n) is 15.5. The van der Waals surface area contributed by atoms with Crippen LogP contribution in [0.5, 0.6) is 0 Å². The van der Waals surface area contributed by atoms with E-state index < -0.39 is 11.6 Å². The highest BCUT2D eigenvalue weighted by molar-refractivity contribution is 5.86. The van der Waals surface area contributed by atoms with E-state index in [2.05, 4.69) is 17.5 Å². The molecule has 6 nitrogen and oxygen atoms in total. The Bertz CT molecular complexity index is 919. The van der Waals surface area contributed by atoms with Crippen LogP contribution in [0.25, 0.3) is 11.1 Å². The van der Waals surface area contributed by atoms with E-state index in [1.165, 1.54) is 0 Å². The molecule has 1 aliphatic heterocycles. The third-order valence-electron chi connectivity index (χ3n) is 5.02. The molecule has 6 heteroatoms. The van der Waals surface area contributed by atoms with Crippen LogP contribution in [0.4, 0.5) is 0 Å². The van der Waals surface area contributed by atoms with E-state index in [-0.39, 0.29) is 5.91 Å². The van der Waals surface area contributed by atoms with Crippen molar-refractivity contribution in [1.82, 2.24) is 5.32 Å². The standard InChI is InChI=1S/C22H22N4O2/c23-14-17-2-1-3-19(12-17)18-6-4-16(5-7-18)13-20(15-24)26-21(27)22(25)8-10-28-11-9-22/h1-7,12,20H,8-11,13,25H2,(H,26,27). The number of ether oxygens (including phenoxy) is 1. The molecule has 1 fully saturated rings. The molecule has 2 aromatic rings. The van der Waals surface area contributed by atoms with Crippen LogP contribution >= 0.6 is 0 Å². The zero-order chi connectivity index (χ0) is 20.0. The fraction of sp³-hybridized carbons (Fsp3) is 0.318. The van der Waals surface area contributed by atoms with Gasteiger partial charge < -0.3 is 15.8 Å². The summed E-state index contributed by atoms with van der Waals surface area (Å²) in [5.41, 5.74) is 8.70. The lowest BCUT2D eigenvalue weighted by Crippen LogP contribution is -2.58. The van der Waals surface area contributed by atoms with Crippen molar-refractivity contribution in [3.05, 3.63) is 59.7 Å². The Kier molecular flexibility index (Phi) is 6.06. The average molecular weight is 374 g/mol. The molecular weight excluding hydrogens is 352 g/mol. The maximum absolute atomic E-state index is 12.5. The van der Waals surface area contributed by atoms with Crippen LogP contribution in [-0.2, 0) is 16.0 Å². The van der Waals surface area contributed by atoms with Gasteiger partial charge in [-0.05, 0) is 41.7 Å². The van der Waals surface area contributed by atoms with Gasteiger partial charge in [-0.3, -0.25) is 4.79 Å². The van der Waals surface area contributed by atoms with Gasteiger partial charge in [0.05, 0.1) is 23.2 Å². The first-order valence-electron chi connectivity index (χ1n) is 9.21. The molecule has 1 unspecified atom stereocenters. The van der Waals surface area contributed by atoms with Crippen LogP contribution in [0.2, 0.25) is 0 Å². The minimum absolute atomic E-state index is 0.299. The van der Waals surface area contributed by atoms with E-state index in [0.717, 1.165) is 16.7 Å². The van der Waals surface area contributed by atoms with Crippen LogP contribution in [0, 0.1) is 22.7 Å². The number of nitrogens with zero attached hydrogens (tertiary/aromatic N) is 2. The predicted molar refractivity (Wildman–Crippen MR) is 105 cm³/mol. The van der Waals surface area contributed by atoms with E-state index in [4.69, 9.17) is 15.7 Å². The van der Waals surface area contributed by atoms with Crippen molar-refractivity contribution in [3.63, 3.8) is 0 Å². The number of carbonyl (C=O) groups excluding carboxylic acids is 1. The Labute approximate surface area is 164 Å². The summed E-state index contributed by atoms with van der Waals surface area (Å²) in [7, 11) is 0. The van der Waals surface area contributed by atoms with Gasteiger partial charge in [-0.2, -0.15) is 10.5 Å². The molecule has 1 atom stereocenters. The molecule has 2 aromatic carbocycles. The summed E-state index contributed by atoms with van der Waals surface area (Å²) in [6.07, 6.45) is 1.30. The Hall–Kier alpha value is -3.19. The van der Waals surface area contributed by atoms with Crippen molar-refractivity contribution < 1.29 is 9.53 Å². The fourth-order valence-corrected chi connectivity index (χ4v) is 3.23. The topological polar surface area (TPSA) is 112 Å². The van der Waals surface area contributed by atoms with Gasteiger partial charge >= 0.3 is 0 Å². The Morgan fingerprint density at radius 2 is 1.86 bits per heavy atom. The summed E-state index contributed by atoms with van der Waals surface area (Å²) in [6, 6.07) is 18.8. The fourth-order valence-electron chi connectivity index (χ4n) is 3.23. The van der Waals surface area contributed by atoms with Gasteiger partial charge in [0.2, 0.25) is 5.91 Å². The van der Waals surface area contributed by atoms with Crippen molar-refractivity contribution in [2.45, 2.75) is 30.8 Å². The lowest BCUT2D eigenvalue weighted by atomic mass is 9.90. The van der Waals surface area contributed by atoms with Crippen LogP contribution in [0.3, 0.4) is 0 Å². The van der Waals surface area contributed by atoms with Crippen LogP contribution < -0.4 is 11.1 Å². The number of hydrogen-bond acceptors (Lipinski definition) is 5. The van der Waals surface area contributed by atoms with Crippen molar-refractivity contribution in [2.24, 2.45) is 5.73 Å². The molecule has 1 saturated heterocycles. The molecule has 1 amide bonds. The molecule has 28 heavy (non-hydrogen) atoms. The number of rotatable bonds is 5. The average Bonchev–Trinajstić information content (AvgIpc) is 2.74. The molecule has 0 aromatic heterocycles. The van der Waals surface area contributed by atoms with Gasteiger partial charge in [0.15, 0.2) is 0 Å². The van der Waals surface area contributed by atoms with E-state index in [9.17, 15) is 10.1 Å². The maximum atomic E-state index is 12.5. The highest BCUT2D eigenvalue weighted by Gasteiger charge is 2.36. The van der Waals surface area contributed by atoms with Crippen LogP contribution in [0.1, 0.15) is 24.0 Å². The Morgan fingerprint density at radius 1 is 1.14 bits per heavy atom. The smallest absolute Gasteiger partial charge is 0.241 e. The lowest BCUT2D eigenvalue weighted by Gasteiger charge is -2.32. The minimum Gasteiger partial charge on any atom is -0.381 e. The summed E-state index contributed by atoms with van der Waals surface area (Å²) in [4.78, 5) is 12.5. The van der Waals surface area contributed by atoms with Gasteiger partial charge in [-0.1, -0.05) is 36.4 Å². The molecule has 0 bridgehead atoms. The van der Waals surface area contributed by atoms with Crippen molar-refractivity contribution in [2.75, 3.05) is 13.2 Å². The minimum atomic E-state index is -0.969. The monoisotopic (exact) mass is 374 g/mol. The number of hydrogen-bond donors (Lipinski definition) is 2. The molecule has 1 heterocycles. The Balaban J connectivity index is 1.66. The molecular formula is C22H22N4O2. The van der Waals surface area contributed by atoms with Gasteiger partial charge in [0, 0.05) is 19.6 Å². The van der Waals surface area contributed by atoms with Gasteiger partial charge in [-0.15, -0.1) is 0 Å². The maximum Gasteiger partial charge on any atom is 0.241 e. The van der Waals surface area contributed by atoms with E-state index >= 15 is 0 Å². The van der Waals surface area contributed by atoms with Gasteiger partial charge in [-0.25, -0.2) is 0 Å². The molecule has 0 spiro atoms. The predicted octanol–water partition coefficient (Wildman–Crippen LogP) is 2.28. The van der Waals surface area contributed by atoms with Crippen molar-refractivity contribution in [1.29, 1.82) is 10.5 Å². The second-order valence-corrected chi connectivity index (χ2v) is 7.02. The quantitative estimate of drug-likeness (QED) is 0.834. The second kappa shape index (κ2) is 8.67. The van der Waals surface area contributed by atoms with Crippen molar-refractivity contribution in [3.8, 4) is 23.3 Å². The van der Waals surface area contributed by atoms with Gasteiger partial charge in [0.1, 0.15) is 6.04 Å². The summed E-state index contributed by atoms with van der Waals surface area (Å²) in [5, 5.41) is 21.3. The molecule has 142 valence electrons. The van der Waals surface area contributed by atoms with Crippen LogP contribution in [-0.4, -0.2) is 30.7 Å². The first-order chi connectivity index (χ1) is 13.5. The number of benzene rings is 2. The number of nitrogens with one attached hydrogen (secondary N) is 1. The largest absolute Gasteiger partial charge is 0.381 e. The molecule has 3 rings (SSSR count). The van der Waals surface area contributed by atoms with Crippen molar-refractivity contribution >= 4 is 5.91 Å². The normalized spacial score (nSPS) is 16.4. The molecule has 3 N–H and O–H groups in total. The summed E-state index contributed by atoms with van der Waals surface area (Å²) in [6.45, 7) is 0.908. The molecule has 1 aliphatic rings. The van der Waals surface area contributed by atoms with Crippen LogP contribution in [0.15, 0.2) is 48.5 Å². The first kappa shape index (κ1) is 19.6. The summed E-state index contributed by atoms with van der Waals surface area (Å²) >= 11 is 0. The Morgan fingerprint density at radius 3 is 2.50 bits per heavy atom. The molecule has 0 radical (unpaired) electrons. The summed E-state index contributed by atoms with van der Waals surface area (Å²) < 4.78 is 5.26. The van der Waals surface area contributed by atoms with E-state index in [1.54, 1.807) is 6.07 Å². The second-order valence-electron chi connectivity index (χ2n) is 7.02. The third kappa shape index (κ3) is 4.55. The number of amides is 1. The van der Waals surface area contributed by atoms with E-state index in [0.29, 0.717) is 38.0 Å². The number of nitrogens with two attached hydrogens (primary N) is 1. The first-order valence-corrected chi connectivity index (χ1v) is 9.21.